The summed E-state index contributed by atoms with van der Waals surface area (Å²) in [6.07, 6.45) is 2.06. The highest BCUT2D eigenvalue weighted by atomic mass is 35.5. The Labute approximate surface area is 144 Å². The van der Waals surface area contributed by atoms with E-state index < -0.39 is 17.8 Å². The normalized spacial score (nSPS) is 15.5. The van der Waals surface area contributed by atoms with Crippen LogP contribution in [-0.4, -0.2) is 31.1 Å². The van der Waals surface area contributed by atoms with Gasteiger partial charge in [-0.05, 0) is 37.1 Å². The van der Waals surface area contributed by atoms with E-state index in [1.165, 1.54) is 13.2 Å². The minimum atomic E-state index is -0.852. The number of urea groups is 1. The van der Waals surface area contributed by atoms with Gasteiger partial charge in [0.2, 0.25) is 0 Å². The fraction of sp³-hybridized carbons (Fsp3) is 0.312. The van der Waals surface area contributed by atoms with Crippen LogP contribution in [0.15, 0.2) is 17.7 Å². The van der Waals surface area contributed by atoms with Crippen molar-refractivity contribution in [3.63, 3.8) is 0 Å². The third-order valence-corrected chi connectivity index (χ3v) is 3.68. The van der Waals surface area contributed by atoms with Gasteiger partial charge in [0.25, 0.3) is 11.8 Å². The Bertz CT molecular complexity index is 707. The number of benzene rings is 1. The van der Waals surface area contributed by atoms with Gasteiger partial charge in [-0.2, -0.15) is 0 Å². The predicted molar refractivity (Wildman–Crippen MR) is 88.0 cm³/mol. The van der Waals surface area contributed by atoms with Crippen LogP contribution >= 0.6 is 11.6 Å². The van der Waals surface area contributed by atoms with Gasteiger partial charge in [-0.1, -0.05) is 18.5 Å². The molecule has 1 aliphatic rings. The SMILES string of the molecule is CC[C@@H](C)Oc1c(Cl)cc(C=C2C(=O)NC(=O)NC2=O)cc1OC. The molecule has 2 rings (SSSR count). The molecule has 4 amide bonds. The van der Waals surface area contributed by atoms with Crippen LogP contribution in [0.5, 0.6) is 11.5 Å². The van der Waals surface area contributed by atoms with Crippen LogP contribution in [0.2, 0.25) is 5.02 Å². The van der Waals surface area contributed by atoms with Crippen LogP contribution in [0.4, 0.5) is 4.79 Å². The van der Waals surface area contributed by atoms with E-state index in [-0.39, 0.29) is 16.7 Å². The summed E-state index contributed by atoms with van der Waals surface area (Å²) in [7, 11) is 1.46. The molecular weight excluding hydrogens is 336 g/mol. The Hall–Kier alpha value is -2.54. The number of nitrogens with one attached hydrogen (secondary N) is 2. The third kappa shape index (κ3) is 3.86. The van der Waals surface area contributed by atoms with Crippen LogP contribution in [0, 0.1) is 0 Å². The van der Waals surface area contributed by atoms with Crippen molar-refractivity contribution in [3.05, 3.63) is 28.3 Å². The number of hydrogen-bond acceptors (Lipinski definition) is 5. The standard InChI is InChI=1S/C16H17ClN2O5/c1-4-8(2)24-13-11(17)6-9(7-12(13)23-3)5-10-14(20)18-16(22)19-15(10)21/h5-8H,4H2,1-3H3,(H2,18,19,20,21,22)/t8-/m1/s1. The molecule has 1 atom stereocenters. The largest absolute Gasteiger partial charge is 0.493 e. The number of hydrogen-bond donors (Lipinski definition) is 2. The number of ether oxygens (including phenoxy) is 2. The maximum atomic E-state index is 11.8. The third-order valence-electron chi connectivity index (χ3n) is 3.40. The lowest BCUT2D eigenvalue weighted by molar-refractivity contribution is -0.123. The van der Waals surface area contributed by atoms with Gasteiger partial charge in [-0.25, -0.2) is 4.79 Å². The smallest absolute Gasteiger partial charge is 0.328 e. The summed E-state index contributed by atoms with van der Waals surface area (Å²) in [6.45, 7) is 3.88. The Kier molecular flexibility index (Phi) is 5.46. The zero-order chi connectivity index (χ0) is 17.9. The van der Waals surface area contributed by atoms with Crippen molar-refractivity contribution in [1.29, 1.82) is 0 Å². The molecule has 0 spiro atoms. The Morgan fingerprint density at radius 2 is 1.83 bits per heavy atom. The van der Waals surface area contributed by atoms with Crippen molar-refractivity contribution in [2.75, 3.05) is 7.11 Å². The predicted octanol–water partition coefficient (Wildman–Crippen LogP) is 2.28. The van der Waals surface area contributed by atoms with Gasteiger partial charge in [-0.15, -0.1) is 0 Å². The van der Waals surface area contributed by atoms with Crippen molar-refractivity contribution in [3.8, 4) is 11.5 Å². The van der Waals surface area contributed by atoms with Gasteiger partial charge in [0.15, 0.2) is 11.5 Å². The highest BCUT2D eigenvalue weighted by Crippen LogP contribution is 2.38. The molecule has 2 N–H and O–H groups in total. The van der Waals surface area contributed by atoms with Gasteiger partial charge < -0.3 is 9.47 Å². The number of halogens is 1. The van der Waals surface area contributed by atoms with E-state index in [0.717, 1.165) is 6.42 Å². The molecule has 7 nitrogen and oxygen atoms in total. The Morgan fingerprint density at radius 1 is 1.21 bits per heavy atom. The van der Waals surface area contributed by atoms with Gasteiger partial charge in [0, 0.05) is 0 Å². The first kappa shape index (κ1) is 17.8. The fourth-order valence-electron chi connectivity index (χ4n) is 2.00. The molecule has 0 radical (unpaired) electrons. The topological polar surface area (TPSA) is 93.7 Å². The molecule has 128 valence electrons. The van der Waals surface area contributed by atoms with E-state index in [2.05, 4.69) is 0 Å². The molecule has 1 fully saturated rings. The molecule has 0 aliphatic carbocycles. The molecule has 0 aromatic heterocycles. The second-order valence-electron chi connectivity index (χ2n) is 5.17. The molecule has 0 bridgehead atoms. The molecule has 1 aromatic carbocycles. The van der Waals surface area contributed by atoms with Gasteiger partial charge >= 0.3 is 6.03 Å². The van der Waals surface area contributed by atoms with E-state index in [9.17, 15) is 14.4 Å². The maximum absolute atomic E-state index is 11.8. The lowest BCUT2D eigenvalue weighted by Crippen LogP contribution is -2.51. The average Bonchev–Trinajstić information content (AvgIpc) is 2.52. The molecule has 0 unspecified atom stereocenters. The van der Waals surface area contributed by atoms with Gasteiger partial charge in [0.05, 0.1) is 18.2 Å². The van der Waals surface area contributed by atoms with E-state index in [0.29, 0.717) is 17.1 Å². The van der Waals surface area contributed by atoms with Crippen LogP contribution in [0.1, 0.15) is 25.8 Å². The van der Waals surface area contributed by atoms with Crippen LogP contribution < -0.4 is 20.1 Å². The summed E-state index contributed by atoms with van der Waals surface area (Å²) >= 11 is 6.24. The number of rotatable bonds is 5. The summed E-state index contributed by atoms with van der Waals surface area (Å²) in [5, 5.41) is 4.29. The van der Waals surface area contributed by atoms with Gasteiger partial charge in [0.1, 0.15) is 5.57 Å². The Morgan fingerprint density at radius 3 is 2.38 bits per heavy atom. The molecule has 0 saturated carbocycles. The lowest BCUT2D eigenvalue weighted by Gasteiger charge is -2.18. The second kappa shape index (κ2) is 7.35. The van der Waals surface area contributed by atoms with Gasteiger partial charge in [-0.3, -0.25) is 20.2 Å². The summed E-state index contributed by atoms with van der Waals surface area (Å²) in [5.41, 5.74) is 0.256. The van der Waals surface area contributed by atoms with Crippen LogP contribution in [0.3, 0.4) is 0 Å². The van der Waals surface area contributed by atoms with Crippen LogP contribution in [-0.2, 0) is 9.59 Å². The number of carbonyl (C=O) groups excluding carboxylic acids is 3. The van der Waals surface area contributed by atoms with E-state index in [4.69, 9.17) is 21.1 Å². The van der Waals surface area contributed by atoms with Crippen molar-refractivity contribution < 1.29 is 23.9 Å². The first-order valence-corrected chi connectivity index (χ1v) is 7.66. The zero-order valence-corrected chi connectivity index (χ0v) is 14.2. The summed E-state index contributed by atoms with van der Waals surface area (Å²) in [5.74, 6) is -0.789. The van der Waals surface area contributed by atoms with Crippen molar-refractivity contribution in [2.45, 2.75) is 26.4 Å². The first-order chi connectivity index (χ1) is 11.3. The summed E-state index contributed by atoms with van der Waals surface area (Å²) in [4.78, 5) is 34.6. The molecular formula is C16H17ClN2O5. The summed E-state index contributed by atoms with van der Waals surface area (Å²) < 4.78 is 11.0. The van der Waals surface area contributed by atoms with Crippen molar-refractivity contribution in [2.24, 2.45) is 0 Å². The van der Waals surface area contributed by atoms with E-state index in [1.54, 1.807) is 12.1 Å². The number of imide groups is 2. The molecule has 1 heterocycles. The number of amides is 4. The number of barbiturate groups is 1. The highest BCUT2D eigenvalue weighted by molar-refractivity contribution is 6.33. The number of methoxy groups -OCH3 is 1. The first-order valence-electron chi connectivity index (χ1n) is 7.28. The molecule has 8 heteroatoms. The fourth-order valence-corrected chi connectivity index (χ4v) is 2.26. The highest BCUT2D eigenvalue weighted by Gasteiger charge is 2.28. The minimum Gasteiger partial charge on any atom is -0.493 e. The summed E-state index contributed by atoms with van der Waals surface area (Å²) in [6, 6.07) is 2.29. The molecule has 24 heavy (non-hydrogen) atoms. The zero-order valence-electron chi connectivity index (χ0n) is 13.4. The quantitative estimate of drug-likeness (QED) is 0.626. The molecule has 1 aliphatic heterocycles. The Balaban J connectivity index is 2.40. The average molecular weight is 353 g/mol. The maximum Gasteiger partial charge on any atom is 0.328 e. The second-order valence-corrected chi connectivity index (χ2v) is 5.57. The minimum absolute atomic E-state index is 0.0542. The van der Waals surface area contributed by atoms with E-state index in [1.807, 2.05) is 24.5 Å². The molecule has 1 saturated heterocycles. The lowest BCUT2D eigenvalue weighted by atomic mass is 10.1. The monoisotopic (exact) mass is 352 g/mol. The number of carbonyl (C=O) groups is 3. The molecule has 1 aromatic rings. The van der Waals surface area contributed by atoms with Crippen molar-refractivity contribution >= 4 is 35.5 Å². The van der Waals surface area contributed by atoms with Crippen LogP contribution in [0.25, 0.3) is 6.08 Å². The van der Waals surface area contributed by atoms with Crippen molar-refractivity contribution in [1.82, 2.24) is 10.6 Å². The van der Waals surface area contributed by atoms with E-state index >= 15 is 0 Å².